The number of alkyl halides is 1. The summed E-state index contributed by atoms with van der Waals surface area (Å²) >= 11 is 0. The Bertz CT molecular complexity index is 1370. The summed E-state index contributed by atoms with van der Waals surface area (Å²) in [6.45, 7) is 4.12. The maximum absolute atomic E-state index is 17.4. The largest absolute Gasteiger partial charge is 0.497 e. The van der Waals surface area contributed by atoms with Gasteiger partial charge < -0.3 is 24.4 Å². The summed E-state index contributed by atoms with van der Waals surface area (Å²) in [4.78, 5) is 32.8. The number of hydrogen-bond acceptors (Lipinski definition) is 7. The van der Waals surface area contributed by atoms with Gasteiger partial charge in [0.05, 0.1) is 7.11 Å². The average Bonchev–Trinajstić information content (AvgIpc) is 3.49. The van der Waals surface area contributed by atoms with Crippen molar-refractivity contribution in [1.29, 1.82) is 0 Å². The molecule has 0 bridgehead atoms. The number of likely N-dealkylation sites (tertiary alicyclic amines) is 2. The molecule has 1 N–H and O–H groups in total. The highest BCUT2D eigenvalue weighted by Gasteiger charge is 2.56. The minimum absolute atomic E-state index is 0.0169. The van der Waals surface area contributed by atoms with Gasteiger partial charge >= 0.3 is 0 Å². The SMILES string of the molecule is COc1ccc([C@@H]2CN(C3CCOCC3)C[C@@]2(F)C(=O)N2CCC(c3ccc(F)cc3N3CCC(C(=O)CCCO)CC3)CC2)cc1. The first kappa shape index (κ1) is 33.8. The fourth-order valence-corrected chi connectivity index (χ4v) is 8.29. The summed E-state index contributed by atoms with van der Waals surface area (Å²) in [6.07, 6.45) is 5.34. The third-order valence-electron chi connectivity index (χ3n) is 11.1. The summed E-state index contributed by atoms with van der Waals surface area (Å²) in [7, 11) is 1.60. The predicted octanol–water partition coefficient (Wildman–Crippen LogP) is 5.09. The first-order valence-corrected chi connectivity index (χ1v) is 17.4. The molecule has 10 heteroatoms. The van der Waals surface area contributed by atoms with Crippen LogP contribution >= 0.6 is 0 Å². The van der Waals surface area contributed by atoms with E-state index in [4.69, 9.17) is 14.6 Å². The van der Waals surface area contributed by atoms with E-state index >= 15 is 4.39 Å². The number of carbonyl (C=O) groups is 2. The van der Waals surface area contributed by atoms with E-state index in [0.717, 1.165) is 29.7 Å². The number of methoxy groups -OCH3 is 1. The fourth-order valence-electron chi connectivity index (χ4n) is 8.29. The number of carbonyl (C=O) groups excluding carboxylic acids is 2. The van der Waals surface area contributed by atoms with Gasteiger partial charge in [-0.1, -0.05) is 18.2 Å². The molecule has 0 unspecified atom stereocenters. The highest BCUT2D eigenvalue weighted by Crippen LogP contribution is 2.44. The van der Waals surface area contributed by atoms with Crippen molar-refractivity contribution < 1.29 is 33.0 Å². The molecule has 2 atom stereocenters. The Morgan fingerprint density at radius 3 is 2.34 bits per heavy atom. The standard InChI is InChI=1S/C37H49F2N3O5/c1-46-31-7-4-27(5-8-31)33-24-42(30-14-21-47-22-15-30)25-37(33,39)36(45)41-18-10-26(11-19-41)32-9-6-29(38)23-34(32)40-16-12-28(13-17-40)35(44)3-2-20-43/h4-9,23,26,28,30,33,43H,2-3,10-22,24-25H2,1H3/t33-,37-/m0/s1. The maximum Gasteiger partial charge on any atom is 0.262 e. The highest BCUT2D eigenvalue weighted by molar-refractivity contribution is 5.87. The molecule has 4 aliphatic rings. The zero-order chi connectivity index (χ0) is 33.0. The third-order valence-corrected chi connectivity index (χ3v) is 11.1. The molecule has 47 heavy (non-hydrogen) atoms. The molecule has 4 fully saturated rings. The maximum atomic E-state index is 17.4. The number of hydrogen-bond donors (Lipinski definition) is 1. The van der Waals surface area contributed by atoms with E-state index in [1.165, 1.54) is 6.07 Å². The van der Waals surface area contributed by atoms with Crippen LogP contribution in [0.2, 0.25) is 0 Å². The normalized spacial score (nSPS) is 25.3. The number of anilines is 1. The number of aliphatic hydroxyl groups excluding tert-OH is 1. The first-order valence-electron chi connectivity index (χ1n) is 17.4. The molecule has 4 heterocycles. The first-order chi connectivity index (χ1) is 22.8. The number of ketones is 1. The molecule has 6 rings (SSSR count). The number of Topliss-reactive ketones (excluding diaryl/α,β-unsaturated/α-hetero) is 1. The van der Waals surface area contributed by atoms with Gasteiger partial charge in [-0.2, -0.15) is 0 Å². The third kappa shape index (κ3) is 7.34. The van der Waals surface area contributed by atoms with Crippen LogP contribution in [0, 0.1) is 11.7 Å². The molecule has 4 saturated heterocycles. The number of benzene rings is 2. The van der Waals surface area contributed by atoms with E-state index in [-0.39, 0.29) is 42.6 Å². The molecule has 0 aliphatic carbocycles. The van der Waals surface area contributed by atoms with Gasteiger partial charge in [-0.05, 0) is 86.3 Å². The lowest BCUT2D eigenvalue weighted by molar-refractivity contribution is -0.145. The van der Waals surface area contributed by atoms with Gasteiger partial charge in [0.25, 0.3) is 5.91 Å². The highest BCUT2D eigenvalue weighted by atomic mass is 19.1. The van der Waals surface area contributed by atoms with Crippen LogP contribution in [-0.4, -0.2) is 105 Å². The second kappa shape index (κ2) is 15.0. The molecule has 2 aromatic carbocycles. The quantitative estimate of drug-likeness (QED) is 0.383. The second-order valence-corrected chi connectivity index (χ2v) is 13.8. The number of amides is 1. The van der Waals surface area contributed by atoms with E-state index < -0.39 is 17.5 Å². The van der Waals surface area contributed by atoms with Gasteiger partial charge in [0.15, 0.2) is 0 Å². The number of aliphatic hydroxyl groups is 1. The molecule has 4 aliphatic heterocycles. The topological polar surface area (TPSA) is 82.6 Å². The number of nitrogens with zero attached hydrogens (tertiary/aromatic N) is 3. The summed E-state index contributed by atoms with van der Waals surface area (Å²) < 4.78 is 42.8. The Kier molecular flexibility index (Phi) is 10.8. The molecule has 256 valence electrons. The van der Waals surface area contributed by atoms with E-state index in [1.54, 1.807) is 18.1 Å². The zero-order valence-corrected chi connectivity index (χ0v) is 27.5. The Balaban J connectivity index is 1.14. The van der Waals surface area contributed by atoms with Crippen molar-refractivity contribution in [3.05, 3.63) is 59.4 Å². The molecule has 0 radical (unpaired) electrons. The molecular formula is C37H49F2N3O5. The molecule has 0 saturated carbocycles. The minimum Gasteiger partial charge on any atom is -0.497 e. The van der Waals surface area contributed by atoms with Crippen LogP contribution in [0.1, 0.15) is 74.3 Å². The monoisotopic (exact) mass is 653 g/mol. The minimum atomic E-state index is -2.04. The van der Waals surface area contributed by atoms with Crippen LogP contribution in [0.3, 0.4) is 0 Å². The van der Waals surface area contributed by atoms with Crippen molar-refractivity contribution in [1.82, 2.24) is 9.80 Å². The predicted molar refractivity (Wildman–Crippen MR) is 176 cm³/mol. The van der Waals surface area contributed by atoms with Crippen LogP contribution in [0.25, 0.3) is 0 Å². The summed E-state index contributed by atoms with van der Waals surface area (Å²) in [6, 6.07) is 12.6. The van der Waals surface area contributed by atoms with Crippen LogP contribution in [-0.2, 0) is 14.3 Å². The molecule has 2 aromatic rings. The Hall–Kier alpha value is -3.08. The number of halogens is 2. The van der Waals surface area contributed by atoms with Crippen LogP contribution in [0.5, 0.6) is 5.75 Å². The van der Waals surface area contributed by atoms with Crippen molar-refractivity contribution in [2.24, 2.45) is 5.92 Å². The lowest BCUT2D eigenvalue weighted by Gasteiger charge is -2.39. The van der Waals surface area contributed by atoms with Gasteiger partial charge in [0, 0.05) is 89.1 Å². The Morgan fingerprint density at radius 1 is 0.979 bits per heavy atom. The fraction of sp³-hybridized carbons (Fsp3) is 0.622. The smallest absolute Gasteiger partial charge is 0.262 e. The zero-order valence-electron chi connectivity index (χ0n) is 27.5. The average molecular weight is 654 g/mol. The van der Waals surface area contributed by atoms with Crippen molar-refractivity contribution in [3.8, 4) is 5.75 Å². The number of piperidine rings is 2. The van der Waals surface area contributed by atoms with E-state index in [1.807, 2.05) is 30.3 Å². The lowest BCUT2D eigenvalue weighted by Crippen LogP contribution is -2.53. The summed E-state index contributed by atoms with van der Waals surface area (Å²) in [5.74, 6) is -0.306. The van der Waals surface area contributed by atoms with Crippen molar-refractivity contribution >= 4 is 17.4 Å². The van der Waals surface area contributed by atoms with Gasteiger partial charge in [-0.3, -0.25) is 14.5 Å². The van der Waals surface area contributed by atoms with Gasteiger partial charge in [-0.25, -0.2) is 8.78 Å². The molecule has 8 nitrogen and oxygen atoms in total. The number of rotatable bonds is 10. The van der Waals surface area contributed by atoms with Gasteiger partial charge in [0.2, 0.25) is 5.67 Å². The summed E-state index contributed by atoms with van der Waals surface area (Å²) in [5, 5.41) is 9.09. The van der Waals surface area contributed by atoms with Crippen molar-refractivity contribution in [2.45, 2.75) is 74.9 Å². The number of ether oxygens (including phenoxy) is 2. The van der Waals surface area contributed by atoms with Crippen LogP contribution < -0.4 is 9.64 Å². The van der Waals surface area contributed by atoms with E-state index in [2.05, 4.69) is 9.80 Å². The van der Waals surface area contributed by atoms with Crippen molar-refractivity contribution in [2.75, 3.05) is 71.1 Å². The Labute approximate surface area is 277 Å². The van der Waals surface area contributed by atoms with Gasteiger partial charge in [0.1, 0.15) is 17.3 Å². The van der Waals surface area contributed by atoms with Gasteiger partial charge in [-0.15, -0.1) is 0 Å². The van der Waals surface area contributed by atoms with Crippen molar-refractivity contribution in [3.63, 3.8) is 0 Å². The molecular weight excluding hydrogens is 604 g/mol. The molecule has 1 amide bonds. The molecule has 0 spiro atoms. The van der Waals surface area contributed by atoms with E-state index in [9.17, 15) is 14.0 Å². The van der Waals surface area contributed by atoms with Crippen LogP contribution in [0.4, 0.5) is 14.5 Å². The summed E-state index contributed by atoms with van der Waals surface area (Å²) in [5.41, 5.74) is 0.683. The lowest BCUT2D eigenvalue weighted by atomic mass is 9.83. The van der Waals surface area contributed by atoms with Crippen LogP contribution in [0.15, 0.2) is 42.5 Å². The second-order valence-electron chi connectivity index (χ2n) is 13.8. The Morgan fingerprint density at radius 2 is 1.68 bits per heavy atom. The molecule has 0 aromatic heterocycles. The van der Waals surface area contributed by atoms with E-state index in [0.29, 0.717) is 90.2 Å².